The predicted molar refractivity (Wildman–Crippen MR) is 72.7 cm³/mol. The van der Waals surface area contributed by atoms with Crippen LogP contribution in [0.15, 0.2) is 12.1 Å². The zero-order valence-electron chi connectivity index (χ0n) is 11.0. The summed E-state index contributed by atoms with van der Waals surface area (Å²) in [5, 5.41) is 9.04. The maximum absolute atomic E-state index is 11.8. The van der Waals surface area contributed by atoms with Crippen LogP contribution in [0.2, 0.25) is 5.02 Å². The Hall–Kier alpha value is -1.66. The van der Waals surface area contributed by atoms with Crippen molar-refractivity contribution in [3.63, 3.8) is 0 Å². The van der Waals surface area contributed by atoms with Crippen molar-refractivity contribution in [3.05, 3.63) is 22.7 Å². The quantitative estimate of drug-likeness (QED) is 0.797. The summed E-state index contributed by atoms with van der Waals surface area (Å²) >= 11 is 6.06. The molecule has 1 aromatic heterocycles. The van der Waals surface area contributed by atoms with Crippen molar-refractivity contribution in [2.75, 3.05) is 13.7 Å². The lowest BCUT2D eigenvalue weighted by atomic mass is 10.2. The molecular weight excluding hydrogens is 282 g/mol. The molecule has 1 aliphatic rings. The molecule has 1 fully saturated rings. The van der Waals surface area contributed by atoms with E-state index in [0.29, 0.717) is 22.7 Å². The minimum atomic E-state index is -0.516. The number of aromatic nitrogens is 3. The van der Waals surface area contributed by atoms with E-state index >= 15 is 0 Å². The molecule has 1 saturated heterocycles. The first kappa shape index (κ1) is 13.3. The van der Waals surface area contributed by atoms with E-state index in [1.54, 1.807) is 12.1 Å². The Kier molecular flexibility index (Phi) is 3.58. The number of methoxy groups -OCH3 is 1. The SMILES string of the molecule is COC(=O)c1c(Cl)ccc2nn(C3CCCCO3)nc12. The number of ether oxygens (including phenoxy) is 2. The van der Waals surface area contributed by atoms with Crippen molar-refractivity contribution >= 4 is 28.6 Å². The van der Waals surface area contributed by atoms with Crippen LogP contribution in [0.25, 0.3) is 11.0 Å². The number of halogens is 1. The van der Waals surface area contributed by atoms with Gasteiger partial charge in [0, 0.05) is 6.61 Å². The van der Waals surface area contributed by atoms with Crippen molar-refractivity contribution < 1.29 is 14.3 Å². The number of hydrogen-bond donors (Lipinski definition) is 0. The third kappa shape index (κ3) is 2.25. The van der Waals surface area contributed by atoms with E-state index in [1.165, 1.54) is 11.9 Å². The zero-order valence-corrected chi connectivity index (χ0v) is 11.8. The Morgan fingerprint density at radius 1 is 1.45 bits per heavy atom. The molecule has 7 heteroatoms. The maximum atomic E-state index is 11.8. The monoisotopic (exact) mass is 295 g/mol. The second kappa shape index (κ2) is 5.38. The van der Waals surface area contributed by atoms with Crippen molar-refractivity contribution in [1.29, 1.82) is 0 Å². The molecule has 20 heavy (non-hydrogen) atoms. The topological polar surface area (TPSA) is 66.2 Å². The molecule has 1 unspecified atom stereocenters. The second-order valence-electron chi connectivity index (χ2n) is 4.62. The average molecular weight is 296 g/mol. The second-order valence-corrected chi connectivity index (χ2v) is 5.03. The van der Waals surface area contributed by atoms with Gasteiger partial charge < -0.3 is 9.47 Å². The molecule has 0 spiro atoms. The normalized spacial score (nSPS) is 19.2. The molecule has 2 aromatic rings. The molecule has 1 atom stereocenters. The van der Waals surface area contributed by atoms with Crippen LogP contribution in [0.4, 0.5) is 0 Å². The molecule has 6 nitrogen and oxygen atoms in total. The summed E-state index contributed by atoms with van der Waals surface area (Å²) in [6.07, 6.45) is 2.81. The van der Waals surface area contributed by atoms with Gasteiger partial charge in [0.15, 0.2) is 6.23 Å². The van der Waals surface area contributed by atoms with Gasteiger partial charge in [-0.25, -0.2) is 4.79 Å². The highest BCUT2D eigenvalue weighted by molar-refractivity contribution is 6.35. The highest BCUT2D eigenvalue weighted by Crippen LogP contribution is 2.27. The van der Waals surface area contributed by atoms with Gasteiger partial charge in [-0.05, 0) is 31.4 Å². The van der Waals surface area contributed by atoms with E-state index in [9.17, 15) is 4.79 Å². The number of benzene rings is 1. The number of esters is 1. The summed E-state index contributed by atoms with van der Waals surface area (Å²) in [4.78, 5) is 13.3. The molecule has 0 amide bonds. The number of carbonyl (C=O) groups excluding carboxylic acids is 1. The molecule has 3 rings (SSSR count). The molecule has 2 heterocycles. The maximum Gasteiger partial charge on any atom is 0.341 e. The van der Waals surface area contributed by atoms with Crippen molar-refractivity contribution in [2.24, 2.45) is 0 Å². The largest absolute Gasteiger partial charge is 0.465 e. The number of nitrogens with zero attached hydrogens (tertiary/aromatic N) is 3. The molecular formula is C13H14ClN3O3. The molecule has 1 aliphatic heterocycles. The molecule has 0 aliphatic carbocycles. The average Bonchev–Trinajstić information content (AvgIpc) is 2.91. The lowest BCUT2D eigenvalue weighted by Gasteiger charge is -2.21. The van der Waals surface area contributed by atoms with E-state index in [2.05, 4.69) is 10.2 Å². The van der Waals surface area contributed by atoms with Crippen LogP contribution < -0.4 is 0 Å². The number of hydrogen-bond acceptors (Lipinski definition) is 5. The predicted octanol–water partition coefficient (Wildman–Crippen LogP) is 2.57. The minimum absolute atomic E-state index is 0.180. The Labute approximate surface area is 120 Å². The summed E-state index contributed by atoms with van der Waals surface area (Å²) in [6.45, 7) is 0.702. The van der Waals surface area contributed by atoms with Crippen LogP contribution in [0.3, 0.4) is 0 Å². The number of carbonyl (C=O) groups is 1. The highest BCUT2D eigenvalue weighted by atomic mass is 35.5. The third-order valence-corrected chi connectivity index (χ3v) is 3.64. The number of rotatable bonds is 2. The van der Waals surface area contributed by atoms with E-state index < -0.39 is 5.97 Å². The van der Waals surface area contributed by atoms with Crippen LogP contribution in [-0.4, -0.2) is 34.7 Å². The van der Waals surface area contributed by atoms with Gasteiger partial charge in [0.2, 0.25) is 0 Å². The summed E-state index contributed by atoms with van der Waals surface area (Å²) in [7, 11) is 1.31. The van der Waals surface area contributed by atoms with Gasteiger partial charge >= 0.3 is 5.97 Å². The Bertz CT molecular complexity index is 650. The van der Waals surface area contributed by atoms with E-state index in [0.717, 1.165) is 19.3 Å². The molecule has 0 bridgehead atoms. The van der Waals surface area contributed by atoms with E-state index in [-0.39, 0.29) is 11.8 Å². The van der Waals surface area contributed by atoms with Crippen LogP contribution in [0.1, 0.15) is 35.8 Å². The van der Waals surface area contributed by atoms with Gasteiger partial charge in [0.05, 0.1) is 12.1 Å². The first-order valence-corrected chi connectivity index (χ1v) is 6.83. The van der Waals surface area contributed by atoms with Crippen LogP contribution in [-0.2, 0) is 9.47 Å². The zero-order chi connectivity index (χ0) is 14.1. The third-order valence-electron chi connectivity index (χ3n) is 3.32. The van der Waals surface area contributed by atoms with Gasteiger partial charge in [-0.15, -0.1) is 5.10 Å². The van der Waals surface area contributed by atoms with Gasteiger partial charge in [0.25, 0.3) is 0 Å². The van der Waals surface area contributed by atoms with E-state index in [1.807, 2.05) is 0 Å². The van der Waals surface area contributed by atoms with Crippen LogP contribution >= 0.6 is 11.6 Å². The molecule has 0 radical (unpaired) electrons. The fourth-order valence-electron chi connectivity index (χ4n) is 2.30. The van der Waals surface area contributed by atoms with Crippen molar-refractivity contribution in [2.45, 2.75) is 25.5 Å². The number of fused-ring (bicyclic) bond motifs is 1. The summed E-state index contributed by atoms with van der Waals surface area (Å²) in [5.41, 5.74) is 1.29. The fourth-order valence-corrected chi connectivity index (χ4v) is 2.53. The lowest BCUT2D eigenvalue weighted by molar-refractivity contribution is -0.0474. The summed E-state index contributed by atoms with van der Waals surface area (Å²) < 4.78 is 10.4. The molecule has 0 N–H and O–H groups in total. The highest BCUT2D eigenvalue weighted by Gasteiger charge is 2.22. The minimum Gasteiger partial charge on any atom is -0.465 e. The van der Waals surface area contributed by atoms with Gasteiger partial charge in [0.1, 0.15) is 16.6 Å². The van der Waals surface area contributed by atoms with Crippen molar-refractivity contribution in [1.82, 2.24) is 15.0 Å². The standard InChI is InChI=1S/C13H14ClN3O3/c1-19-13(18)11-8(14)5-6-9-12(11)16-17(15-9)10-4-2-3-7-20-10/h5-6,10H,2-4,7H2,1H3. The summed E-state index contributed by atoms with van der Waals surface area (Å²) in [6, 6.07) is 3.35. The van der Waals surface area contributed by atoms with Crippen molar-refractivity contribution in [3.8, 4) is 0 Å². The first-order chi connectivity index (χ1) is 9.70. The Balaban J connectivity index is 2.08. The fraction of sp³-hybridized carbons (Fsp3) is 0.462. The molecule has 106 valence electrons. The van der Waals surface area contributed by atoms with Gasteiger partial charge in [-0.3, -0.25) is 0 Å². The Morgan fingerprint density at radius 3 is 3.00 bits per heavy atom. The smallest absolute Gasteiger partial charge is 0.341 e. The van der Waals surface area contributed by atoms with E-state index in [4.69, 9.17) is 21.1 Å². The lowest BCUT2D eigenvalue weighted by Crippen LogP contribution is -2.20. The summed E-state index contributed by atoms with van der Waals surface area (Å²) in [5.74, 6) is -0.516. The van der Waals surface area contributed by atoms with Crippen LogP contribution in [0.5, 0.6) is 0 Å². The van der Waals surface area contributed by atoms with Gasteiger partial charge in [-0.1, -0.05) is 11.6 Å². The first-order valence-electron chi connectivity index (χ1n) is 6.45. The molecule has 0 saturated carbocycles. The van der Waals surface area contributed by atoms with Gasteiger partial charge in [-0.2, -0.15) is 9.90 Å². The van der Waals surface area contributed by atoms with Crippen LogP contribution in [0, 0.1) is 0 Å². The molecule has 1 aromatic carbocycles. The Morgan fingerprint density at radius 2 is 2.30 bits per heavy atom.